The van der Waals surface area contributed by atoms with Crippen molar-refractivity contribution in [1.29, 1.82) is 0 Å². The van der Waals surface area contributed by atoms with Gasteiger partial charge in [0, 0.05) is 37.4 Å². The van der Waals surface area contributed by atoms with E-state index in [1.165, 1.54) is 0 Å². The van der Waals surface area contributed by atoms with Gasteiger partial charge in [-0.15, -0.1) is 0 Å². The fourth-order valence-corrected chi connectivity index (χ4v) is 3.31. The number of aromatic nitrogens is 2. The Labute approximate surface area is 146 Å². The molecule has 0 saturated heterocycles. The average Bonchev–Trinajstić information content (AvgIpc) is 3.23. The second-order valence-electron chi connectivity index (χ2n) is 6.32. The molecule has 7 heteroatoms. The summed E-state index contributed by atoms with van der Waals surface area (Å²) < 4.78 is 18.4. The third kappa shape index (κ3) is 3.19. The minimum atomic E-state index is -0.0190. The summed E-state index contributed by atoms with van der Waals surface area (Å²) in [6, 6.07) is 5.33. The highest BCUT2D eigenvalue weighted by Gasteiger charge is 2.27. The van der Waals surface area contributed by atoms with E-state index in [-0.39, 0.29) is 18.6 Å². The average molecular weight is 343 g/mol. The number of hydrogen-bond donors (Lipinski definition) is 0. The van der Waals surface area contributed by atoms with Crippen molar-refractivity contribution in [2.75, 3.05) is 26.6 Å². The van der Waals surface area contributed by atoms with Crippen molar-refractivity contribution < 1.29 is 19.0 Å². The quantitative estimate of drug-likeness (QED) is 0.849. The van der Waals surface area contributed by atoms with Crippen molar-refractivity contribution in [3.8, 4) is 11.5 Å². The summed E-state index contributed by atoms with van der Waals surface area (Å²) in [5.74, 6) is 1.51. The zero-order valence-corrected chi connectivity index (χ0v) is 14.2. The molecule has 25 heavy (non-hydrogen) atoms. The number of fused-ring (bicyclic) bond motifs is 2. The van der Waals surface area contributed by atoms with Crippen LogP contribution in [0, 0.1) is 5.92 Å². The fourth-order valence-electron chi connectivity index (χ4n) is 3.31. The van der Waals surface area contributed by atoms with Crippen molar-refractivity contribution in [2.24, 2.45) is 5.92 Å². The molecule has 0 N–H and O–H groups in total. The molecule has 0 spiro atoms. The molecule has 0 radical (unpaired) electrons. The van der Waals surface area contributed by atoms with Crippen LogP contribution in [0.1, 0.15) is 23.0 Å². The van der Waals surface area contributed by atoms with E-state index in [0.717, 1.165) is 12.2 Å². The highest BCUT2D eigenvalue weighted by molar-refractivity contribution is 5.95. The van der Waals surface area contributed by atoms with Crippen LogP contribution in [0.2, 0.25) is 0 Å². The van der Waals surface area contributed by atoms with Crippen LogP contribution in [0.25, 0.3) is 0 Å². The minimum absolute atomic E-state index is 0.0190. The largest absolute Gasteiger partial charge is 0.454 e. The van der Waals surface area contributed by atoms with E-state index in [9.17, 15) is 4.79 Å². The Bertz CT molecular complexity index is 773. The lowest BCUT2D eigenvalue weighted by atomic mass is 10.1. The monoisotopic (exact) mass is 343 g/mol. The van der Waals surface area contributed by atoms with E-state index in [4.69, 9.17) is 14.2 Å². The summed E-state index contributed by atoms with van der Waals surface area (Å²) in [6.45, 7) is 5.47. The van der Waals surface area contributed by atoms with Gasteiger partial charge in [-0.05, 0) is 25.1 Å². The van der Waals surface area contributed by atoms with Crippen molar-refractivity contribution >= 4 is 5.91 Å². The summed E-state index contributed by atoms with van der Waals surface area (Å²) in [4.78, 5) is 19.1. The number of benzene rings is 1. The van der Waals surface area contributed by atoms with E-state index < -0.39 is 0 Å². The molecule has 0 aliphatic carbocycles. The van der Waals surface area contributed by atoms with Crippen molar-refractivity contribution in [3.63, 3.8) is 0 Å². The molecular formula is C18H21N3O4. The van der Waals surface area contributed by atoms with Crippen molar-refractivity contribution in [2.45, 2.75) is 20.0 Å². The minimum Gasteiger partial charge on any atom is -0.454 e. The predicted octanol–water partition coefficient (Wildman–Crippen LogP) is 1.92. The van der Waals surface area contributed by atoms with Gasteiger partial charge in [0.25, 0.3) is 5.91 Å². The molecule has 1 aromatic heterocycles. The number of amides is 1. The first-order valence-corrected chi connectivity index (χ1v) is 8.50. The number of imidazole rings is 1. The zero-order chi connectivity index (χ0) is 17.2. The van der Waals surface area contributed by atoms with Gasteiger partial charge in [-0.25, -0.2) is 4.98 Å². The molecule has 0 fully saturated rings. The number of rotatable bonds is 4. The maximum Gasteiger partial charge on any atom is 0.254 e. The third-order valence-electron chi connectivity index (χ3n) is 4.55. The van der Waals surface area contributed by atoms with Crippen LogP contribution in [0.4, 0.5) is 0 Å². The summed E-state index contributed by atoms with van der Waals surface area (Å²) >= 11 is 0. The second kappa shape index (κ2) is 6.76. The van der Waals surface area contributed by atoms with Crippen LogP contribution in [-0.2, 0) is 17.8 Å². The molecule has 1 aromatic carbocycles. The highest BCUT2D eigenvalue weighted by Crippen LogP contribution is 2.33. The van der Waals surface area contributed by atoms with Crippen molar-refractivity contribution in [3.05, 3.63) is 42.0 Å². The van der Waals surface area contributed by atoms with Crippen LogP contribution in [0.5, 0.6) is 11.5 Å². The Kier molecular flexibility index (Phi) is 4.31. The number of carbonyl (C=O) groups excluding carboxylic acids is 1. The molecule has 1 atom stereocenters. The van der Waals surface area contributed by atoms with Gasteiger partial charge >= 0.3 is 0 Å². The molecule has 7 nitrogen and oxygen atoms in total. The molecular weight excluding hydrogens is 322 g/mol. The summed E-state index contributed by atoms with van der Waals surface area (Å²) in [5, 5.41) is 0. The predicted molar refractivity (Wildman–Crippen MR) is 89.5 cm³/mol. The van der Waals surface area contributed by atoms with Gasteiger partial charge in [-0.2, -0.15) is 0 Å². The molecule has 1 amide bonds. The molecule has 132 valence electrons. The second-order valence-corrected chi connectivity index (χ2v) is 6.32. The van der Waals surface area contributed by atoms with Crippen LogP contribution in [-0.4, -0.2) is 46.9 Å². The Morgan fingerprint density at radius 1 is 1.32 bits per heavy atom. The number of carbonyl (C=O) groups is 1. The summed E-state index contributed by atoms with van der Waals surface area (Å²) in [5.41, 5.74) is 1.64. The SMILES string of the molecule is CCOC[C@H]1CN(C(=O)c2ccc3c(c2)OCO3)Cc2cncn2C1. The van der Waals surface area contributed by atoms with Gasteiger partial charge in [0.1, 0.15) is 0 Å². The molecule has 2 aliphatic rings. The first-order valence-electron chi connectivity index (χ1n) is 8.50. The molecule has 2 aromatic rings. The van der Waals surface area contributed by atoms with E-state index in [2.05, 4.69) is 9.55 Å². The van der Waals surface area contributed by atoms with Crippen LogP contribution in [0.15, 0.2) is 30.7 Å². The molecule has 0 saturated carbocycles. The van der Waals surface area contributed by atoms with E-state index >= 15 is 0 Å². The molecule has 2 aliphatic heterocycles. The maximum atomic E-state index is 13.1. The van der Waals surface area contributed by atoms with E-state index in [0.29, 0.717) is 43.4 Å². The summed E-state index contributed by atoms with van der Waals surface area (Å²) in [6.07, 6.45) is 3.64. The van der Waals surface area contributed by atoms with Gasteiger partial charge in [0.05, 0.1) is 25.2 Å². The topological polar surface area (TPSA) is 65.8 Å². The van der Waals surface area contributed by atoms with Gasteiger partial charge in [-0.1, -0.05) is 0 Å². The lowest BCUT2D eigenvalue weighted by Gasteiger charge is -2.24. The lowest BCUT2D eigenvalue weighted by molar-refractivity contribution is 0.0619. The maximum absolute atomic E-state index is 13.1. The fraction of sp³-hybridized carbons (Fsp3) is 0.444. The molecule has 0 bridgehead atoms. The number of hydrogen-bond acceptors (Lipinski definition) is 5. The highest BCUT2D eigenvalue weighted by atomic mass is 16.7. The standard InChI is InChI=1S/C18H21N3O4/c1-2-23-10-13-7-20(9-15-6-19-11-21(15)8-13)18(22)14-3-4-16-17(5-14)25-12-24-16/h3-6,11,13H,2,7-10,12H2,1H3/t13-/m0/s1. The number of ether oxygens (including phenoxy) is 3. The summed E-state index contributed by atoms with van der Waals surface area (Å²) in [7, 11) is 0. The Morgan fingerprint density at radius 3 is 3.08 bits per heavy atom. The Morgan fingerprint density at radius 2 is 2.20 bits per heavy atom. The van der Waals surface area contributed by atoms with Gasteiger partial charge in [0.15, 0.2) is 11.5 Å². The van der Waals surface area contributed by atoms with Crippen LogP contribution < -0.4 is 9.47 Å². The van der Waals surface area contributed by atoms with E-state index in [1.807, 2.05) is 24.3 Å². The Balaban J connectivity index is 1.58. The Hall–Kier alpha value is -2.54. The van der Waals surface area contributed by atoms with Gasteiger partial charge in [0.2, 0.25) is 6.79 Å². The van der Waals surface area contributed by atoms with Crippen LogP contribution in [0.3, 0.4) is 0 Å². The van der Waals surface area contributed by atoms with Gasteiger partial charge in [-0.3, -0.25) is 4.79 Å². The molecule has 0 unspecified atom stereocenters. The van der Waals surface area contributed by atoms with Crippen molar-refractivity contribution in [1.82, 2.24) is 14.5 Å². The lowest BCUT2D eigenvalue weighted by Crippen LogP contribution is -2.35. The first-order chi connectivity index (χ1) is 12.2. The molecule has 4 rings (SSSR count). The van der Waals surface area contributed by atoms with E-state index in [1.54, 1.807) is 18.2 Å². The first kappa shape index (κ1) is 16.0. The smallest absolute Gasteiger partial charge is 0.254 e. The normalized spacial score (nSPS) is 18.8. The molecule has 3 heterocycles. The van der Waals surface area contributed by atoms with Gasteiger partial charge < -0.3 is 23.7 Å². The number of nitrogens with zero attached hydrogens (tertiary/aromatic N) is 3. The third-order valence-corrected chi connectivity index (χ3v) is 4.55. The van der Waals surface area contributed by atoms with Crippen LogP contribution >= 0.6 is 0 Å². The zero-order valence-electron chi connectivity index (χ0n) is 14.2.